The van der Waals surface area contributed by atoms with E-state index in [4.69, 9.17) is 9.15 Å². The predicted octanol–water partition coefficient (Wildman–Crippen LogP) is 3.48. The van der Waals surface area contributed by atoms with Crippen LogP contribution in [0, 0.1) is 6.92 Å². The summed E-state index contributed by atoms with van der Waals surface area (Å²) in [6.07, 6.45) is 0.490. The van der Waals surface area contributed by atoms with Crippen molar-refractivity contribution in [2.45, 2.75) is 32.6 Å². The van der Waals surface area contributed by atoms with Gasteiger partial charge in [0.25, 0.3) is 0 Å². The van der Waals surface area contributed by atoms with Crippen molar-refractivity contribution in [3.05, 3.63) is 65.5 Å². The summed E-state index contributed by atoms with van der Waals surface area (Å²) in [5.74, 6) is 0.625. The highest BCUT2D eigenvalue weighted by Gasteiger charge is 2.35. The van der Waals surface area contributed by atoms with Crippen LogP contribution in [0.5, 0.6) is 5.75 Å². The number of aryl methyl sites for hydroxylation is 1. The Morgan fingerprint density at radius 3 is 2.71 bits per heavy atom. The molecule has 1 fully saturated rings. The average molecular weight is 420 g/mol. The summed E-state index contributed by atoms with van der Waals surface area (Å²) in [6, 6.07) is 15.1. The first kappa shape index (κ1) is 20.6. The Morgan fingerprint density at radius 2 is 1.97 bits per heavy atom. The van der Waals surface area contributed by atoms with E-state index in [2.05, 4.69) is 15.5 Å². The second kappa shape index (κ2) is 8.99. The van der Waals surface area contributed by atoms with Gasteiger partial charge in [0.2, 0.25) is 17.7 Å². The van der Waals surface area contributed by atoms with E-state index in [0.717, 1.165) is 22.6 Å². The first-order valence-electron chi connectivity index (χ1n) is 10.2. The van der Waals surface area contributed by atoms with Crippen LogP contribution < -0.4 is 15.0 Å². The van der Waals surface area contributed by atoms with Crippen LogP contribution in [-0.2, 0) is 16.0 Å². The maximum absolute atomic E-state index is 12.5. The van der Waals surface area contributed by atoms with Gasteiger partial charge in [-0.25, -0.2) is 0 Å². The van der Waals surface area contributed by atoms with Gasteiger partial charge < -0.3 is 14.1 Å². The second-order valence-corrected chi connectivity index (χ2v) is 7.43. The van der Waals surface area contributed by atoms with Gasteiger partial charge in [-0.1, -0.05) is 29.4 Å². The predicted molar refractivity (Wildman–Crippen MR) is 115 cm³/mol. The lowest BCUT2D eigenvalue weighted by atomic mass is 10.1. The molecule has 0 spiro atoms. The Kier molecular flexibility index (Phi) is 5.97. The molecular weight excluding hydrogens is 396 g/mol. The van der Waals surface area contributed by atoms with E-state index < -0.39 is 0 Å². The minimum absolute atomic E-state index is 0.0162. The smallest absolute Gasteiger partial charge is 0.322 e. The number of ether oxygens (including phenoxy) is 1. The van der Waals surface area contributed by atoms with Crippen molar-refractivity contribution >= 4 is 23.5 Å². The summed E-state index contributed by atoms with van der Waals surface area (Å²) in [5.41, 5.74) is 2.78. The van der Waals surface area contributed by atoms with Crippen molar-refractivity contribution in [3.8, 4) is 5.75 Å². The molecule has 8 nitrogen and oxygen atoms in total. The zero-order valence-electron chi connectivity index (χ0n) is 17.5. The summed E-state index contributed by atoms with van der Waals surface area (Å²) in [5, 5.41) is 10.6. The number of anilines is 2. The molecule has 0 bridgehead atoms. The Balaban J connectivity index is 1.38. The number of carbonyl (C=O) groups excluding carboxylic acids is 2. The van der Waals surface area contributed by atoms with Gasteiger partial charge in [0, 0.05) is 18.7 Å². The van der Waals surface area contributed by atoms with Gasteiger partial charge in [0.1, 0.15) is 5.75 Å². The highest BCUT2D eigenvalue weighted by molar-refractivity contribution is 5.96. The van der Waals surface area contributed by atoms with Crippen LogP contribution in [0.15, 0.2) is 52.9 Å². The summed E-state index contributed by atoms with van der Waals surface area (Å²) in [4.78, 5) is 26.5. The standard InChI is InChI=1S/C23H24N4O4/c1-3-30-19-10-8-18(9-11-19)27-14-17(13-21(27)29)22-25-26-23(31-22)24-20(28)12-16-7-5-4-6-15(16)2/h4-11,17H,3,12-14H2,1-2H3,(H,24,26,28). The number of benzene rings is 2. The molecule has 1 aliphatic rings. The Bertz CT molecular complexity index is 1080. The molecule has 1 aliphatic heterocycles. The Hall–Kier alpha value is -3.68. The molecule has 8 heteroatoms. The fourth-order valence-electron chi connectivity index (χ4n) is 3.61. The first-order valence-corrected chi connectivity index (χ1v) is 10.2. The van der Waals surface area contributed by atoms with Crippen LogP contribution in [0.25, 0.3) is 0 Å². The van der Waals surface area contributed by atoms with Crippen molar-refractivity contribution < 1.29 is 18.7 Å². The quantitative estimate of drug-likeness (QED) is 0.628. The minimum atomic E-state index is -0.233. The molecule has 160 valence electrons. The van der Waals surface area contributed by atoms with Gasteiger partial charge >= 0.3 is 6.01 Å². The summed E-state index contributed by atoms with van der Waals surface area (Å²) in [6.45, 7) is 4.91. The maximum atomic E-state index is 12.5. The van der Waals surface area contributed by atoms with Gasteiger partial charge in [-0.15, -0.1) is 5.10 Å². The fraction of sp³-hybridized carbons (Fsp3) is 0.304. The molecule has 2 aromatic carbocycles. The molecule has 2 amide bonds. The fourth-order valence-corrected chi connectivity index (χ4v) is 3.61. The summed E-state index contributed by atoms with van der Waals surface area (Å²) >= 11 is 0. The van der Waals surface area contributed by atoms with E-state index in [-0.39, 0.29) is 36.6 Å². The van der Waals surface area contributed by atoms with Crippen LogP contribution in [0.1, 0.15) is 36.3 Å². The minimum Gasteiger partial charge on any atom is -0.494 e. The molecule has 1 N–H and O–H groups in total. The molecule has 1 unspecified atom stereocenters. The molecular formula is C23H24N4O4. The van der Waals surface area contributed by atoms with Crippen LogP contribution in [0.4, 0.5) is 11.7 Å². The summed E-state index contributed by atoms with van der Waals surface area (Å²) < 4.78 is 11.1. The van der Waals surface area contributed by atoms with Gasteiger partial charge in [-0.05, 0) is 49.2 Å². The largest absolute Gasteiger partial charge is 0.494 e. The van der Waals surface area contributed by atoms with E-state index in [9.17, 15) is 9.59 Å². The van der Waals surface area contributed by atoms with Crippen molar-refractivity contribution in [1.82, 2.24) is 10.2 Å². The first-order chi connectivity index (χ1) is 15.0. The molecule has 31 heavy (non-hydrogen) atoms. The number of rotatable bonds is 7. The monoisotopic (exact) mass is 420 g/mol. The van der Waals surface area contributed by atoms with E-state index in [1.165, 1.54) is 0 Å². The molecule has 0 aliphatic carbocycles. The van der Waals surface area contributed by atoms with E-state index >= 15 is 0 Å². The summed E-state index contributed by atoms with van der Waals surface area (Å²) in [7, 11) is 0. The van der Waals surface area contributed by atoms with E-state index in [1.54, 1.807) is 4.90 Å². The zero-order chi connectivity index (χ0) is 21.8. The van der Waals surface area contributed by atoms with Crippen LogP contribution in [-0.4, -0.2) is 35.2 Å². The van der Waals surface area contributed by atoms with E-state index in [1.807, 2.05) is 62.4 Å². The SMILES string of the molecule is CCOc1ccc(N2CC(c3nnc(NC(=O)Cc4ccccc4C)o3)CC2=O)cc1. The highest BCUT2D eigenvalue weighted by Crippen LogP contribution is 2.32. The average Bonchev–Trinajstić information content (AvgIpc) is 3.37. The number of hydrogen-bond donors (Lipinski definition) is 1. The van der Waals surface area contributed by atoms with Crippen molar-refractivity contribution in [1.29, 1.82) is 0 Å². The molecule has 0 saturated carbocycles. The van der Waals surface area contributed by atoms with Gasteiger partial charge in [-0.2, -0.15) is 0 Å². The number of carbonyl (C=O) groups is 2. The van der Waals surface area contributed by atoms with Crippen LogP contribution in [0.3, 0.4) is 0 Å². The molecule has 1 saturated heterocycles. The lowest BCUT2D eigenvalue weighted by Crippen LogP contribution is -2.24. The second-order valence-electron chi connectivity index (χ2n) is 7.43. The van der Waals surface area contributed by atoms with Crippen molar-refractivity contribution in [2.75, 3.05) is 23.4 Å². The highest BCUT2D eigenvalue weighted by atomic mass is 16.5. The third-order valence-electron chi connectivity index (χ3n) is 5.23. The number of hydrogen-bond acceptors (Lipinski definition) is 6. The number of aromatic nitrogens is 2. The van der Waals surface area contributed by atoms with Crippen LogP contribution >= 0.6 is 0 Å². The van der Waals surface area contributed by atoms with Gasteiger partial charge in [0.15, 0.2) is 0 Å². The normalized spacial score (nSPS) is 15.9. The molecule has 4 rings (SSSR count). The maximum Gasteiger partial charge on any atom is 0.322 e. The Morgan fingerprint density at radius 1 is 1.19 bits per heavy atom. The van der Waals surface area contributed by atoms with Crippen LogP contribution in [0.2, 0.25) is 0 Å². The lowest BCUT2D eigenvalue weighted by molar-refractivity contribution is -0.117. The number of nitrogens with zero attached hydrogens (tertiary/aromatic N) is 3. The third-order valence-corrected chi connectivity index (χ3v) is 5.23. The van der Waals surface area contributed by atoms with Gasteiger partial charge in [0.05, 0.1) is 18.9 Å². The third kappa shape index (κ3) is 4.74. The van der Waals surface area contributed by atoms with Crippen molar-refractivity contribution in [2.24, 2.45) is 0 Å². The topological polar surface area (TPSA) is 97.6 Å². The van der Waals surface area contributed by atoms with E-state index in [0.29, 0.717) is 19.0 Å². The van der Waals surface area contributed by atoms with Gasteiger partial charge in [-0.3, -0.25) is 14.9 Å². The number of nitrogens with one attached hydrogen (secondary N) is 1. The zero-order valence-corrected chi connectivity index (χ0v) is 17.5. The van der Waals surface area contributed by atoms with Crippen molar-refractivity contribution in [3.63, 3.8) is 0 Å². The molecule has 2 heterocycles. The molecule has 3 aromatic rings. The molecule has 0 radical (unpaired) electrons. The lowest BCUT2D eigenvalue weighted by Gasteiger charge is -2.16. The molecule has 1 atom stereocenters. The molecule has 1 aromatic heterocycles. The Labute approximate surface area is 180 Å². The number of amides is 2.